The van der Waals surface area contributed by atoms with Crippen LogP contribution in [0.15, 0.2) is 231 Å². The fourth-order valence-corrected chi connectivity index (χ4v) is 10.9. The highest BCUT2D eigenvalue weighted by Gasteiger charge is 2.23. The molecule has 5 nitrogen and oxygen atoms in total. The van der Waals surface area contributed by atoms with Gasteiger partial charge < -0.3 is 4.57 Å². The number of nitrogens with zero attached hydrogens (tertiary/aromatic N) is 5. The molecule has 0 amide bonds. The van der Waals surface area contributed by atoms with E-state index in [1.54, 1.807) is 0 Å². The molecule has 0 fully saturated rings. The van der Waals surface area contributed by atoms with E-state index in [2.05, 4.69) is 240 Å². The minimum absolute atomic E-state index is 0.0214. The molecular weight excluding hydrogens is 827 g/mol. The monoisotopic (exact) mass is 867 g/mol. The Morgan fingerprint density at radius 1 is 0.338 bits per heavy atom. The summed E-state index contributed by atoms with van der Waals surface area (Å²) in [5.41, 5.74) is 11.0. The molecule has 0 N–H and O–H groups in total. The third kappa shape index (κ3) is 6.06. The van der Waals surface area contributed by atoms with Crippen molar-refractivity contribution >= 4 is 75.9 Å². The molecule has 0 spiro atoms. The van der Waals surface area contributed by atoms with Crippen molar-refractivity contribution in [2.45, 2.75) is 12.3 Å². The van der Waals surface area contributed by atoms with Crippen molar-refractivity contribution in [3.8, 4) is 45.3 Å². The van der Waals surface area contributed by atoms with E-state index < -0.39 is 0 Å². The quantitative estimate of drug-likeness (QED) is 0.156. The van der Waals surface area contributed by atoms with E-state index in [-0.39, 0.29) is 5.92 Å². The van der Waals surface area contributed by atoms with E-state index >= 15 is 0 Å². The van der Waals surface area contributed by atoms with Gasteiger partial charge in [-0.15, -0.1) is 0 Å². The Labute approximate surface area is 392 Å². The summed E-state index contributed by atoms with van der Waals surface area (Å²) in [6.45, 7) is 0. The number of rotatable bonds is 6. The Morgan fingerprint density at radius 3 is 1.60 bits per heavy atom. The molecule has 1 aliphatic carbocycles. The minimum Gasteiger partial charge on any atom is -0.309 e. The maximum atomic E-state index is 5.37. The maximum absolute atomic E-state index is 5.37. The first-order valence-electron chi connectivity index (χ1n) is 23.4. The lowest BCUT2D eigenvalue weighted by atomic mass is 9.92. The van der Waals surface area contributed by atoms with E-state index in [0.29, 0.717) is 11.8 Å². The number of hydrogen-bond acceptors (Lipinski definition) is 3. The summed E-state index contributed by atoms with van der Waals surface area (Å²) in [6.07, 6.45) is 9.41. The van der Waals surface area contributed by atoms with E-state index in [9.17, 15) is 0 Å². The highest BCUT2D eigenvalue weighted by atomic mass is 15.2. The first kappa shape index (κ1) is 38.3. The van der Waals surface area contributed by atoms with Crippen LogP contribution in [-0.4, -0.2) is 24.1 Å². The van der Waals surface area contributed by atoms with E-state index in [0.717, 1.165) is 73.0 Å². The van der Waals surface area contributed by atoms with Crippen LogP contribution in [0.25, 0.3) is 121 Å². The molecule has 0 bridgehead atoms. The van der Waals surface area contributed by atoms with Gasteiger partial charge >= 0.3 is 0 Å². The summed E-state index contributed by atoms with van der Waals surface area (Å²) in [4.78, 5) is 16.0. The molecule has 5 heteroatoms. The van der Waals surface area contributed by atoms with Crippen LogP contribution in [0.3, 0.4) is 0 Å². The van der Waals surface area contributed by atoms with Gasteiger partial charge in [0, 0.05) is 38.7 Å². The van der Waals surface area contributed by atoms with Crippen LogP contribution in [0.1, 0.15) is 18.2 Å². The zero-order chi connectivity index (χ0) is 44.7. The van der Waals surface area contributed by atoms with Crippen molar-refractivity contribution in [1.82, 2.24) is 24.1 Å². The normalized spacial score (nSPS) is 13.9. The standard InChI is InChI=1S/C63H41N5/c1-3-17-40(18-4-1)42-21-15-23-45(35-42)62-64-61(41-19-5-2-6-20-41)65-63(66-62)68-58-32-14-12-30-53(58)56-38-55-52-29-11-13-31-57(52)67(59(55)39-60(56)68)46-24-16-22-43(36-46)44-33-34-51-49-27-8-7-25-47(49)48-26-9-10-28-50(48)54(51)37-44/h1-19,21-39,41H,20H2. The number of allylic oxidation sites excluding steroid dienone is 4. The first-order valence-corrected chi connectivity index (χ1v) is 23.4. The lowest BCUT2D eigenvalue weighted by Gasteiger charge is -2.16. The second-order valence-electron chi connectivity index (χ2n) is 17.9. The summed E-state index contributed by atoms with van der Waals surface area (Å²) in [6, 6.07) is 74.8. The van der Waals surface area contributed by atoms with Crippen LogP contribution in [0, 0.1) is 0 Å². The van der Waals surface area contributed by atoms with Gasteiger partial charge in [0.05, 0.1) is 22.1 Å². The van der Waals surface area contributed by atoms with Gasteiger partial charge in [-0.25, -0.2) is 4.98 Å². The van der Waals surface area contributed by atoms with Gasteiger partial charge in [-0.3, -0.25) is 4.57 Å². The lowest BCUT2D eigenvalue weighted by Crippen LogP contribution is -2.11. The average Bonchev–Trinajstić information content (AvgIpc) is 3.92. The number of fused-ring (bicyclic) bond motifs is 12. The van der Waals surface area contributed by atoms with Gasteiger partial charge in [0.25, 0.3) is 0 Å². The lowest BCUT2D eigenvalue weighted by molar-refractivity contribution is 0.750. The zero-order valence-corrected chi connectivity index (χ0v) is 37.0. The van der Waals surface area contributed by atoms with Crippen LogP contribution in [0.5, 0.6) is 0 Å². The van der Waals surface area contributed by atoms with Gasteiger partial charge in [0.2, 0.25) is 5.95 Å². The molecule has 0 saturated carbocycles. The fourth-order valence-electron chi connectivity index (χ4n) is 10.9. The number of aromatic nitrogens is 5. The molecular formula is C63H41N5. The summed E-state index contributed by atoms with van der Waals surface area (Å²) >= 11 is 0. The topological polar surface area (TPSA) is 48.5 Å². The molecule has 1 atom stereocenters. The molecule has 318 valence electrons. The predicted molar refractivity (Wildman–Crippen MR) is 283 cm³/mol. The predicted octanol–water partition coefficient (Wildman–Crippen LogP) is 16.1. The molecule has 0 radical (unpaired) electrons. The molecule has 14 rings (SSSR count). The molecule has 1 aliphatic rings. The number of hydrogen-bond donors (Lipinski definition) is 0. The van der Waals surface area contributed by atoms with E-state index in [1.807, 2.05) is 0 Å². The Hall–Kier alpha value is -8.93. The van der Waals surface area contributed by atoms with E-state index in [1.165, 1.54) is 48.7 Å². The van der Waals surface area contributed by atoms with Gasteiger partial charge in [-0.1, -0.05) is 182 Å². The molecule has 10 aromatic carbocycles. The molecule has 1 unspecified atom stereocenters. The summed E-state index contributed by atoms with van der Waals surface area (Å²) in [5.74, 6) is 2.03. The van der Waals surface area contributed by atoms with Crippen LogP contribution < -0.4 is 0 Å². The molecule has 3 aromatic heterocycles. The first-order chi connectivity index (χ1) is 33.7. The van der Waals surface area contributed by atoms with Crippen molar-refractivity contribution < 1.29 is 0 Å². The Balaban J connectivity index is 0.981. The van der Waals surface area contributed by atoms with Crippen molar-refractivity contribution in [1.29, 1.82) is 0 Å². The van der Waals surface area contributed by atoms with Crippen molar-refractivity contribution in [3.63, 3.8) is 0 Å². The van der Waals surface area contributed by atoms with Crippen molar-refractivity contribution in [3.05, 3.63) is 236 Å². The highest BCUT2D eigenvalue weighted by Crippen LogP contribution is 2.42. The van der Waals surface area contributed by atoms with Crippen LogP contribution in [0.4, 0.5) is 0 Å². The number of para-hydroxylation sites is 2. The van der Waals surface area contributed by atoms with Gasteiger partial charge in [-0.05, 0) is 110 Å². The summed E-state index contributed by atoms with van der Waals surface area (Å²) < 4.78 is 4.68. The molecule has 13 aromatic rings. The smallest absolute Gasteiger partial charge is 0.238 e. The van der Waals surface area contributed by atoms with Crippen molar-refractivity contribution in [2.75, 3.05) is 0 Å². The summed E-state index contributed by atoms with van der Waals surface area (Å²) in [7, 11) is 0. The molecule has 0 saturated heterocycles. The Morgan fingerprint density at radius 2 is 0.897 bits per heavy atom. The van der Waals surface area contributed by atoms with Crippen LogP contribution in [-0.2, 0) is 0 Å². The van der Waals surface area contributed by atoms with Gasteiger partial charge in [-0.2, -0.15) is 9.97 Å². The molecule has 0 aliphatic heterocycles. The second kappa shape index (κ2) is 15.3. The third-order valence-electron chi connectivity index (χ3n) is 14.0. The fraction of sp³-hybridized carbons (Fsp3) is 0.0317. The minimum atomic E-state index is 0.0214. The van der Waals surface area contributed by atoms with Gasteiger partial charge in [0.1, 0.15) is 5.82 Å². The van der Waals surface area contributed by atoms with Crippen LogP contribution >= 0.6 is 0 Å². The Kier molecular flexibility index (Phi) is 8.65. The van der Waals surface area contributed by atoms with E-state index in [4.69, 9.17) is 15.0 Å². The third-order valence-corrected chi connectivity index (χ3v) is 14.0. The Bertz CT molecular complexity index is 4210. The van der Waals surface area contributed by atoms with Gasteiger partial charge in [0.15, 0.2) is 5.82 Å². The SMILES string of the molecule is C1=CCC(c2nc(-c3cccc(-c4ccccc4)c3)nc(-n3c4ccccc4c4cc5c6ccccc6n(-c6cccc(-c7ccc8c9ccccc9c9ccccc9c8c7)c6)c5cc43)n2)C=C1. The maximum Gasteiger partial charge on any atom is 0.238 e. The molecule has 68 heavy (non-hydrogen) atoms. The molecule has 3 heterocycles. The van der Waals surface area contributed by atoms with Crippen molar-refractivity contribution in [2.24, 2.45) is 0 Å². The highest BCUT2D eigenvalue weighted by molar-refractivity contribution is 6.26. The average molecular weight is 868 g/mol. The summed E-state index contributed by atoms with van der Waals surface area (Å²) in [5, 5.41) is 12.3. The number of benzene rings is 10. The second-order valence-corrected chi connectivity index (χ2v) is 17.9. The zero-order valence-electron chi connectivity index (χ0n) is 37.0. The largest absolute Gasteiger partial charge is 0.309 e. The van der Waals surface area contributed by atoms with Crippen LogP contribution in [0.2, 0.25) is 0 Å².